The Morgan fingerprint density at radius 1 is 1.53 bits per heavy atom. The first-order valence-electron chi connectivity index (χ1n) is 5.02. The van der Waals surface area contributed by atoms with Crippen LogP contribution in [0.4, 0.5) is 10.1 Å². The first-order valence-corrected chi connectivity index (χ1v) is 5.81. The van der Waals surface area contributed by atoms with Crippen LogP contribution in [0.25, 0.3) is 0 Å². The van der Waals surface area contributed by atoms with Gasteiger partial charge in [-0.25, -0.2) is 4.39 Å². The summed E-state index contributed by atoms with van der Waals surface area (Å²) in [5.41, 5.74) is 6.03. The molecule has 0 radical (unpaired) electrons. The zero-order chi connectivity index (χ0) is 11.3. The Morgan fingerprint density at radius 2 is 2.27 bits per heavy atom. The summed E-state index contributed by atoms with van der Waals surface area (Å²) in [7, 11) is 0. The van der Waals surface area contributed by atoms with E-state index in [4.69, 9.17) is 5.73 Å². The fourth-order valence-corrected chi connectivity index (χ4v) is 1.57. The average Bonchev–Trinajstić information content (AvgIpc) is 2.23. The van der Waals surface area contributed by atoms with Crippen LogP contribution in [0.2, 0.25) is 0 Å². The first-order chi connectivity index (χ1) is 7.13. The lowest BCUT2D eigenvalue weighted by molar-refractivity contribution is 0.559. The Hall–Kier alpha value is -0.610. The molecular weight excluding hydrogens is 259 g/mol. The summed E-state index contributed by atoms with van der Waals surface area (Å²) < 4.78 is 14.1. The Bertz CT molecular complexity index is 317. The summed E-state index contributed by atoms with van der Waals surface area (Å²) in [4.78, 5) is 0. The second-order valence-corrected chi connectivity index (χ2v) is 4.60. The predicted octanol–water partition coefficient (Wildman–Crippen LogP) is 2.99. The van der Waals surface area contributed by atoms with Gasteiger partial charge in [-0.2, -0.15) is 0 Å². The highest BCUT2D eigenvalue weighted by molar-refractivity contribution is 9.10. The fourth-order valence-electron chi connectivity index (χ4n) is 1.20. The molecule has 0 heterocycles. The maximum Gasteiger partial charge on any atom is 0.146 e. The van der Waals surface area contributed by atoms with Crippen molar-refractivity contribution in [3.63, 3.8) is 0 Å². The molecule has 3 N–H and O–H groups in total. The topological polar surface area (TPSA) is 38.0 Å². The highest BCUT2D eigenvalue weighted by Crippen LogP contribution is 2.20. The number of hydrogen-bond acceptors (Lipinski definition) is 2. The van der Waals surface area contributed by atoms with Crippen LogP contribution in [0.5, 0.6) is 0 Å². The van der Waals surface area contributed by atoms with Gasteiger partial charge in [-0.15, -0.1) is 0 Å². The number of benzene rings is 1. The van der Waals surface area contributed by atoms with Gasteiger partial charge in [0.15, 0.2) is 0 Å². The number of nitrogens with one attached hydrogen (secondary N) is 1. The normalized spacial score (nSPS) is 12.5. The zero-order valence-corrected chi connectivity index (χ0v) is 10.3. The quantitative estimate of drug-likeness (QED) is 0.867. The highest BCUT2D eigenvalue weighted by atomic mass is 79.9. The zero-order valence-electron chi connectivity index (χ0n) is 8.76. The number of halogens is 2. The molecule has 0 aliphatic carbocycles. The minimum Gasteiger partial charge on any atom is -0.383 e. The molecule has 0 saturated carbocycles. The van der Waals surface area contributed by atoms with E-state index in [0.29, 0.717) is 18.2 Å². The van der Waals surface area contributed by atoms with Crippen molar-refractivity contribution in [1.82, 2.24) is 0 Å². The monoisotopic (exact) mass is 274 g/mol. The summed E-state index contributed by atoms with van der Waals surface area (Å²) in [6.07, 6.45) is 0.947. The maximum atomic E-state index is 13.3. The predicted molar refractivity (Wildman–Crippen MR) is 65.4 cm³/mol. The van der Waals surface area contributed by atoms with E-state index in [2.05, 4.69) is 28.2 Å². The van der Waals surface area contributed by atoms with Gasteiger partial charge in [0.1, 0.15) is 5.82 Å². The number of anilines is 1. The van der Waals surface area contributed by atoms with Gasteiger partial charge < -0.3 is 11.1 Å². The third kappa shape index (κ3) is 4.18. The standard InChI is InChI=1S/C11H16BrFN2/c1-8(7-14)4-5-15-11-6-9(12)2-3-10(11)13/h2-3,6,8,15H,4-5,7,14H2,1H3. The second-order valence-electron chi connectivity index (χ2n) is 3.68. The van der Waals surface area contributed by atoms with Crippen molar-refractivity contribution in [3.8, 4) is 0 Å². The van der Waals surface area contributed by atoms with E-state index in [9.17, 15) is 4.39 Å². The van der Waals surface area contributed by atoms with Gasteiger partial charge in [-0.3, -0.25) is 0 Å². The summed E-state index contributed by atoms with van der Waals surface area (Å²) in [6, 6.07) is 4.87. The van der Waals surface area contributed by atoms with Crippen molar-refractivity contribution in [2.45, 2.75) is 13.3 Å². The molecule has 1 rings (SSSR count). The maximum absolute atomic E-state index is 13.3. The van der Waals surface area contributed by atoms with Crippen molar-refractivity contribution < 1.29 is 4.39 Å². The van der Waals surface area contributed by atoms with E-state index in [-0.39, 0.29) is 5.82 Å². The number of rotatable bonds is 5. The van der Waals surface area contributed by atoms with E-state index in [1.807, 2.05) is 0 Å². The fraction of sp³-hybridized carbons (Fsp3) is 0.455. The molecule has 1 aromatic carbocycles. The van der Waals surface area contributed by atoms with Crippen LogP contribution in [0.1, 0.15) is 13.3 Å². The Balaban J connectivity index is 2.46. The van der Waals surface area contributed by atoms with Crippen LogP contribution < -0.4 is 11.1 Å². The molecule has 0 aromatic heterocycles. The van der Waals surface area contributed by atoms with Gasteiger partial charge in [-0.1, -0.05) is 22.9 Å². The van der Waals surface area contributed by atoms with Gasteiger partial charge in [-0.05, 0) is 37.1 Å². The largest absolute Gasteiger partial charge is 0.383 e. The molecule has 1 unspecified atom stereocenters. The lowest BCUT2D eigenvalue weighted by atomic mass is 10.1. The van der Waals surface area contributed by atoms with E-state index in [1.54, 1.807) is 12.1 Å². The average molecular weight is 275 g/mol. The van der Waals surface area contributed by atoms with E-state index in [1.165, 1.54) is 6.07 Å². The van der Waals surface area contributed by atoms with E-state index >= 15 is 0 Å². The third-order valence-corrected chi connectivity index (χ3v) is 2.78. The molecular formula is C11H16BrFN2. The molecule has 1 aromatic rings. The van der Waals surface area contributed by atoms with Gasteiger partial charge in [0.05, 0.1) is 5.69 Å². The number of hydrogen-bond donors (Lipinski definition) is 2. The minimum atomic E-state index is -0.224. The minimum absolute atomic E-state index is 0.224. The molecule has 1 atom stereocenters. The molecule has 0 amide bonds. The molecule has 0 spiro atoms. The van der Waals surface area contributed by atoms with Gasteiger partial charge in [0.25, 0.3) is 0 Å². The Kier molecular flexibility index (Phi) is 5.05. The summed E-state index contributed by atoms with van der Waals surface area (Å²) in [6.45, 7) is 3.49. The van der Waals surface area contributed by atoms with Crippen LogP contribution in [0.3, 0.4) is 0 Å². The van der Waals surface area contributed by atoms with Crippen molar-refractivity contribution in [2.24, 2.45) is 11.7 Å². The Morgan fingerprint density at radius 3 is 2.93 bits per heavy atom. The highest BCUT2D eigenvalue weighted by Gasteiger charge is 2.03. The summed E-state index contributed by atoms with van der Waals surface area (Å²) in [5, 5.41) is 3.06. The smallest absolute Gasteiger partial charge is 0.146 e. The van der Waals surface area contributed by atoms with Gasteiger partial charge in [0, 0.05) is 11.0 Å². The van der Waals surface area contributed by atoms with E-state index in [0.717, 1.165) is 17.4 Å². The molecule has 84 valence electrons. The van der Waals surface area contributed by atoms with Crippen LogP contribution >= 0.6 is 15.9 Å². The van der Waals surface area contributed by atoms with Crippen molar-refractivity contribution in [1.29, 1.82) is 0 Å². The van der Waals surface area contributed by atoms with Crippen molar-refractivity contribution in [3.05, 3.63) is 28.5 Å². The SMILES string of the molecule is CC(CN)CCNc1cc(Br)ccc1F. The van der Waals surface area contributed by atoms with Gasteiger partial charge in [0.2, 0.25) is 0 Å². The molecule has 4 heteroatoms. The molecule has 0 bridgehead atoms. The first kappa shape index (κ1) is 12.5. The Labute approximate surface area is 98.2 Å². The van der Waals surface area contributed by atoms with Crippen LogP contribution in [0, 0.1) is 11.7 Å². The van der Waals surface area contributed by atoms with Crippen LogP contribution in [-0.4, -0.2) is 13.1 Å². The second kappa shape index (κ2) is 6.08. The molecule has 2 nitrogen and oxygen atoms in total. The van der Waals surface area contributed by atoms with Gasteiger partial charge >= 0.3 is 0 Å². The van der Waals surface area contributed by atoms with Crippen LogP contribution in [-0.2, 0) is 0 Å². The number of nitrogens with two attached hydrogens (primary N) is 1. The van der Waals surface area contributed by atoms with Crippen molar-refractivity contribution in [2.75, 3.05) is 18.4 Å². The summed E-state index contributed by atoms with van der Waals surface area (Å²) >= 11 is 3.30. The lowest BCUT2D eigenvalue weighted by Gasteiger charge is -2.11. The van der Waals surface area contributed by atoms with Crippen molar-refractivity contribution >= 4 is 21.6 Å². The lowest BCUT2D eigenvalue weighted by Crippen LogP contribution is -2.15. The molecule has 0 saturated heterocycles. The molecule has 0 fully saturated rings. The molecule has 0 aliphatic rings. The van der Waals surface area contributed by atoms with E-state index < -0.39 is 0 Å². The summed E-state index contributed by atoms with van der Waals surface area (Å²) in [5.74, 6) is 0.242. The molecule has 0 aliphatic heterocycles. The van der Waals surface area contributed by atoms with Crippen LogP contribution in [0.15, 0.2) is 22.7 Å². The molecule has 15 heavy (non-hydrogen) atoms. The third-order valence-electron chi connectivity index (χ3n) is 2.28.